The van der Waals surface area contributed by atoms with Gasteiger partial charge in [-0.05, 0) is 45.3 Å². The van der Waals surface area contributed by atoms with Gasteiger partial charge in [0.15, 0.2) is 0 Å². The SMILES string of the molecule is CC=CP(C=CC)c1ccc2ncccc2c1. The number of fused-ring (bicyclic) bond motifs is 1. The number of nitrogens with zero attached hydrogens (tertiary/aromatic N) is 1. The Kier molecular flexibility index (Phi) is 4.06. The van der Waals surface area contributed by atoms with Crippen molar-refractivity contribution in [3.63, 3.8) is 0 Å². The van der Waals surface area contributed by atoms with Gasteiger partial charge in [0, 0.05) is 11.6 Å². The lowest BCUT2D eigenvalue weighted by molar-refractivity contribution is 1.42. The Bertz CT molecular complexity index is 546. The minimum Gasteiger partial charge on any atom is -0.256 e. The summed E-state index contributed by atoms with van der Waals surface area (Å²) in [4.78, 5) is 4.34. The molecule has 0 saturated heterocycles. The molecule has 0 fully saturated rings. The Morgan fingerprint density at radius 1 is 1.06 bits per heavy atom. The van der Waals surface area contributed by atoms with Gasteiger partial charge in [0.2, 0.25) is 0 Å². The molecular formula is C15H16NP. The van der Waals surface area contributed by atoms with E-state index in [0.717, 1.165) is 5.52 Å². The quantitative estimate of drug-likeness (QED) is 0.725. The maximum absolute atomic E-state index is 4.34. The molecule has 2 heteroatoms. The van der Waals surface area contributed by atoms with Crippen LogP contribution in [0.1, 0.15) is 13.8 Å². The predicted molar refractivity (Wildman–Crippen MR) is 77.9 cm³/mol. The van der Waals surface area contributed by atoms with Gasteiger partial charge in [-0.25, -0.2) is 0 Å². The molecule has 1 aromatic carbocycles. The minimum absolute atomic E-state index is 0.318. The first-order valence-corrected chi connectivity index (χ1v) is 7.22. The largest absolute Gasteiger partial charge is 0.256 e. The molecule has 0 atom stereocenters. The van der Waals surface area contributed by atoms with Crippen LogP contribution in [0.4, 0.5) is 0 Å². The molecule has 0 bridgehead atoms. The van der Waals surface area contributed by atoms with E-state index < -0.39 is 0 Å². The van der Waals surface area contributed by atoms with Gasteiger partial charge in [0.1, 0.15) is 0 Å². The molecule has 2 rings (SSSR count). The van der Waals surface area contributed by atoms with E-state index in [1.165, 1.54) is 10.7 Å². The third-order valence-corrected chi connectivity index (χ3v) is 4.62. The van der Waals surface area contributed by atoms with Gasteiger partial charge in [-0.3, -0.25) is 4.98 Å². The predicted octanol–water partition coefficient (Wildman–Crippen LogP) is 4.41. The molecule has 1 heterocycles. The van der Waals surface area contributed by atoms with Crippen LogP contribution in [0.3, 0.4) is 0 Å². The van der Waals surface area contributed by atoms with E-state index in [1.807, 2.05) is 12.3 Å². The number of benzene rings is 1. The average Bonchev–Trinajstić information content (AvgIpc) is 2.38. The van der Waals surface area contributed by atoms with Crippen molar-refractivity contribution < 1.29 is 0 Å². The summed E-state index contributed by atoms with van der Waals surface area (Å²) in [5, 5.41) is 2.59. The van der Waals surface area contributed by atoms with Crippen molar-refractivity contribution in [1.82, 2.24) is 4.98 Å². The maximum atomic E-state index is 4.34. The number of rotatable bonds is 3. The first-order chi connectivity index (χ1) is 8.35. The summed E-state index contributed by atoms with van der Waals surface area (Å²) in [6.07, 6.45) is 6.08. The first-order valence-electron chi connectivity index (χ1n) is 5.74. The molecule has 0 aliphatic heterocycles. The van der Waals surface area contributed by atoms with Crippen molar-refractivity contribution >= 4 is 24.1 Å². The highest BCUT2D eigenvalue weighted by Gasteiger charge is 2.04. The van der Waals surface area contributed by atoms with Crippen LogP contribution >= 0.6 is 7.92 Å². The van der Waals surface area contributed by atoms with Crippen LogP contribution in [0, 0.1) is 0 Å². The second-order valence-electron chi connectivity index (χ2n) is 3.75. The molecule has 0 radical (unpaired) electrons. The molecule has 1 aromatic heterocycles. The smallest absolute Gasteiger partial charge is 0.0702 e. The third-order valence-electron chi connectivity index (χ3n) is 2.50. The van der Waals surface area contributed by atoms with Crippen LogP contribution in [0.15, 0.2) is 60.3 Å². The summed E-state index contributed by atoms with van der Waals surface area (Å²) in [6.45, 7) is 4.14. The zero-order chi connectivity index (χ0) is 12.1. The first kappa shape index (κ1) is 12.0. The van der Waals surface area contributed by atoms with Gasteiger partial charge in [-0.15, -0.1) is 0 Å². The van der Waals surface area contributed by atoms with E-state index in [2.05, 4.69) is 66.9 Å². The van der Waals surface area contributed by atoms with Crippen molar-refractivity contribution in [2.24, 2.45) is 0 Å². The van der Waals surface area contributed by atoms with Crippen LogP contribution in [-0.2, 0) is 0 Å². The van der Waals surface area contributed by atoms with E-state index >= 15 is 0 Å². The van der Waals surface area contributed by atoms with Gasteiger partial charge >= 0.3 is 0 Å². The van der Waals surface area contributed by atoms with Crippen LogP contribution in [0.25, 0.3) is 10.9 Å². The molecule has 0 N–H and O–H groups in total. The van der Waals surface area contributed by atoms with Crippen molar-refractivity contribution in [2.75, 3.05) is 0 Å². The second kappa shape index (κ2) is 5.75. The lowest BCUT2D eigenvalue weighted by Gasteiger charge is -2.09. The second-order valence-corrected chi connectivity index (χ2v) is 5.68. The van der Waals surface area contributed by atoms with E-state index in [4.69, 9.17) is 0 Å². The molecule has 0 saturated carbocycles. The maximum Gasteiger partial charge on any atom is 0.0702 e. The molecule has 0 aliphatic rings. The highest BCUT2D eigenvalue weighted by molar-refractivity contribution is 7.71. The Balaban J connectivity index is 2.46. The number of aromatic nitrogens is 1. The molecular weight excluding hydrogens is 225 g/mol. The Labute approximate surface area is 104 Å². The fourth-order valence-electron chi connectivity index (χ4n) is 1.77. The summed E-state index contributed by atoms with van der Waals surface area (Å²) >= 11 is 0. The van der Waals surface area contributed by atoms with Crippen LogP contribution in [0.5, 0.6) is 0 Å². The van der Waals surface area contributed by atoms with Crippen LogP contribution < -0.4 is 5.30 Å². The zero-order valence-electron chi connectivity index (χ0n) is 10.2. The number of hydrogen-bond acceptors (Lipinski definition) is 1. The van der Waals surface area contributed by atoms with E-state index in [0.29, 0.717) is 0 Å². The normalized spacial score (nSPS) is 13.8. The molecule has 86 valence electrons. The minimum atomic E-state index is -0.318. The zero-order valence-corrected chi connectivity index (χ0v) is 11.1. The molecule has 0 aliphatic carbocycles. The summed E-state index contributed by atoms with van der Waals surface area (Å²) in [6, 6.07) is 10.6. The Hall–Kier alpha value is -1.46. The van der Waals surface area contributed by atoms with Crippen molar-refractivity contribution in [3.8, 4) is 0 Å². The average molecular weight is 241 g/mol. The molecule has 17 heavy (non-hydrogen) atoms. The van der Waals surface area contributed by atoms with Gasteiger partial charge in [0.25, 0.3) is 0 Å². The van der Waals surface area contributed by atoms with Gasteiger partial charge in [0.05, 0.1) is 5.52 Å². The highest BCUT2D eigenvalue weighted by atomic mass is 31.1. The van der Waals surface area contributed by atoms with Gasteiger partial charge in [-0.2, -0.15) is 0 Å². The lowest BCUT2D eigenvalue weighted by atomic mass is 10.2. The number of pyridine rings is 1. The molecule has 0 unspecified atom stereocenters. The Morgan fingerprint density at radius 2 is 1.82 bits per heavy atom. The fourth-order valence-corrected chi connectivity index (χ4v) is 3.39. The van der Waals surface area contributed by atoms with E-state index in [1.54, 1.807) is 0 Å². The monoisotopic (exact) mass is 241 g/mol. The topological polar surface area (TPSA) is 12.9 Å². The van der Waals surface area contributed by atoms with Crippen molar-refractivity contribution in [2.45, 2.75) is 13.8 Å². The number of hydrogen-bond donors (Lipinski definition) is 0. The van der Waals surface area contributed by atoms with E-state index in [9.17, 15) is 0 Å². The van der Waals surface area contributed by atoms with E-state index in [-0.39, 0.29) is 7.92 Å². The fraction of sp³-hybridized carbons (Fsp3) is 0.133. The highest BCUT2D eigenvalue weighted by Crippen LogP contribution is 2.38. The summed E-state index contributed by atoms with van der Waals surface area (Å²) in [7, 11) is -0.318. The summed E-state index contributed by atoms with van der Waals surface area (Å²) < 4.78 is 0. The number of allylic oxidation sites excluding steroid dienone is 2. The standard InChI is InChI=1S/C15H16NP/c1-3-10-17(11-4-2)14-7-8-15-13(12-14)6-5-9-16-15/h3-12H,1-2H3. The van der Waals surface area contributed by atoms with Crippen LogP contribution in [0.2, 0.25) is 0 Å². The lowest BCUT2D eigenvalue weighted by Crippen LogP contribution is -1.97. The third kappa shape index (κ3) is 2.81. The van der Waals surface area contributed by atoms with Crippen molar-refractivity contribution in [3.05, 3.63) is 60.3 Å². The molecule has 2 aromatic rings. The molecule has 0 spiro atoms. The summed E-state index contributed by atoms with van der Waals surface area (Å²) in [5.41, 5.74) is 1.06. The molecule has 1 nitrogen and oxygen atoms in total. The Morgan fingerprint density at radius 3 is 2.53 bits per heavy atom. The van der Waals surface area contributed by atoms with Gasteiger partial charge < -0.3 is 0 Å². The molecule has 0 amide bonds. The van der Waals surface area contributed by atoms with Gasteiger partial charge in [-0.1, -0.05) is 35.9 Å². The summed E-state index contributed by atoms with van der Waals surface area (Å²) in [5.74, 6) is 4.54. The van der Waals surface area contributed by atoms with Crippen molar-refractivity contribution in [1.29, 1.82) is 0 Å². The van der Waals surface area contributed by atoms with Crippen LogP contribution in [-0.4, -0.2) is 4.98 Å².